The molecule has 2 unspecified atom stereocenters. The summed E-state index contributed by atoms with van der Waals surface area (Å²) in [6.07, 6.45) is 2.73. The molecule has 2 fully saturated rings. The molecule has 2 saturated heterocycles. The highest BCUT2D eigenvalue weighted by Gasteiger charge is 2.44. The van der Waals surface area contributed by atoms with Crippen LogP contribution < -0.4 is 10.6 Å². The van der Waals surface area contributed by atoms with Gasteiger partial charge in [-0.25, -0.2) is 4.79 Å². The first kappa shape index (κ1) is 12.3. The average molecular weight is 242 g/mol. The van der Waals surface area contributed by atoms with Crippen molar-refractivity contribution < 1.29 is 19.4 Å². The van der Waals surface area contributed by atoms with Gasteiger partial charge < -0.3 is 20.5 Å². The number of carboxylic acid groups (broad SMARTS) is 1. The molecule has 2 aliphatic rings. The molecule has 0 bridgehead atoms. The zero-order valence-electron chi connectivity index (χ0n) is 9.70. The summed E-state index contributed by atoms with van der Waals surface area (Å²) in [6.45, 7) is 1.38. The summed E-state index contributed by atoms with van der Waals surface area (Å²) in [7, 11) is 0. The Labute approximate surface area is 99.7 Å². The first-order valence-electron chi connectivity index (χ1n) is 5.98. The minimum absolute atomic E-state index is 0.0617. The third-order valence-corrected chi connectivity index (χ3v) is 3.40. The molecular weight excluding hydrogens is 224 g/mol. The van der Waals surface area contributed by atoms with E-state index in [-0.39, 0.29) is 18.6 Å². The van der Waals surface area contributed by atoms with Gasteiger partial charge in [0.05, 0.1) is 6.61 Å². The lowest BCUT2D eigenvalue weighted by Gasteiger charge is -2.24. The summed E-state index contributed by atoms with van der Waals surface area (Å²) in [6, 6.07) is 0.183. The van der Waals surface area contributed by atoms with E-state index in [0.29, 0.717) is 19.4 Å². The molecule has 0 aliphatic carbocycles. The maximum atomic E-state index is 11.8. The highest BCUT2D eigenvalue weighted by Crippen LogP contribution is 2.19. The van der Waals surface area contributed by atoms with Gasteiger partial charge in [0.2, 0.25) is 5.91 Å². The van der Waals surface area contributed by atoms with Crippen LogP contribution in [0.2, 0.25) is 0 Å². The molecule has 2 rings (SSSR count). The van der Waals surface area contributed by atoms with E-state index in [4.69, 9.17) is 9.84 Å². The van der Waals surface area contributed by atoms with Crippen molar-refractivity contribution >= 4 is 11.9 Å². The first-order valence-corrected chi connectivity index (χ1v) is 5.98. The number of nitrogens with one attached hydrogen (secondary N) is 2. The third-order valence-electron chi connectivity index (χ3n) is 3.40. The number of hydrogen-bond acceptors (Lipinski definition) is 4. The minimum atomic E-state index is -1.21. The van der Waals surface area contributed by atoms with Crippen LogP contribution >= 0.6 is 0 Å². The zero-order chi connectivity index (χ0) is 12.3. The van der Waals surface area contributed by atoms with Gasteiger partial charge in [-0.1, -0.05) is 0 Å². The van der Waals surface area contributed by atoms with E-state index in [2.05, 4.69) is 10.6 Å². The fourth-order valence-electron chi connectivity index (χ4n) is 2.36. The van der Waals surface area contributed by atoms with Crippen molar-refractivity contribution in [1.82, 2.24) is 10.6 Å². The standard InChI is InChI=1S/C11H18N2O4/c14-9(6-8-2-1-4-12-8)13-11(10(15)16)3-5-17-7-11/h8,12H,1-7H2,(H,13,14)(H,15,16). The summed E-state index contributed by atoms with van der Waals surface area (Å²) < 4.78 is 5.08. The number of aliphatic carboxylic acids is 1. The van der Waals surface area contributed by atoms with Crippen molar-refractivity contribution in [2.45, 2.75) is 37.3 Å². The Balaban J connectivity index is 1.89. The van der Waals surface area contributed by atoms with Crippen molar-refractivity contribution in [2.24, 2.45) is 0 Å². The number of carbonyl (C=O) groups excluding carboxylic acids is 1. The molecule has 0 spiro atoms. The molecule has 0 saturated carbocycles. The fraction of sp³-hybridized carbons (Fsp3) is 0.818. The van der Waals surface area contributed by atoms with E-state index in [0.717, 1.165) is 19.4 Å². The second kappa shape index (κ2) is 5.01. The van der Waals surface area contributed by atoms with E-state index < -0.39 is 11.5 Å². The molecule has 17 heavy (non-hydrogen) atoms. The Morgan fingerprint density at radius 1 is 1.53 bits per heavy atom. The maximum absolute atomic E-state index is 11.8. The van der Waals surface area contributed by atoms with E-state index in [1.807, 2.05) is 0 Å². The number of rotatable bonds is 4. The first-order chi connectivity index (χ1) is 8.12. The Hall–Kier alpha value is -1.14. The SMILES string of the molecule is O=C(CC1CCCN1)NC1(C(=O)O)CCOC1. The molecule has 0 aromatic carbocycles. The summed E-state index contributed by atoms with van der Waals surface area (Å²) in [5, 5.41) is 15.0. The molecule has 2 aliphatic heterocycles. The molecule has 1 amide bonds. The summed E-state index contributed by atoms with van der Waals surface area (Å²) >= 11 is 0. The third kappa shape index (κ3) is 2.76. The van der Waals surface area contributed by atoms with Crippen LogP contribution in [0.5, 0.6) is 0 Å². The van der Waals surface area contributed by atoms with Crippen LogP contribution in [-0.4, -0.2) is 48.3 Å². The van der Waals surface area contributed by atoms with Gasteiger partial charge in [0.15, 0.2) is 5.54 Å². The molecule has 6 nitrogen and oxygen atoms in total. The lowest BCUT2D eigenvalue weighted by atomic mass is 9.98. The zero-order valence-corrected chi connectivity index (χ0v) is 9.70. The predicted molar refractivity (Wildman–Crippen MR) is 59.6 cm³/mol. The Morgan fingerprint density at radius 2 is 2.35 bits per heavy atom. The van der Waals surface area contributed by atoms with Crippen molar-refractivity contribution in [3.63, 3.8) is 0 Å². The van der Waals surface area contributed by atoms with Gasteiger partial charge in [0.25, 0.3) is 0 Å². The van der Waals surface area contributed by atoms with Crippen LogP contribution in [0, 0.1) is 0 Å². The van der Waals surface area contributed by atoms with Crippen LogP contribution in [0.15, 0.2) is 0 Å². The quantitative estimate of drug-likeness (QED) is 0.618. The smallest absolute Gasteiger partial charge is 0.331 e. The van der Waals surface area contributed by atoms with E-state index >= 15 is 0 Å². The van der Waals surface area contributed by atoms with Crippen molar-refractivity contribution in [3.05, 3.63) is 0 Å². The highest BCUT2D eigenvalue weighted by molar-refractivity contribution is 5.87. The van der Waals surface area contributed by atoms with E-state index in [9.17, 15) is 9.59 Å². The Morgan fingerprint density at radius 3 is 2.88 bits per heavy atom. The summed E-state index contributed by atoms with van der Waals surface area (Å²) in [4.78, 5) is 23.0. The van der Waals surface area contributed by atoms with Gasteiger partial charge in [-0.2, -0.15) is 0 Å². The number of hydrogen-bond donors (Lipinski definition) is 3. The monoisotopic (exact) mass is 242 g/mol. The van der Waals surface area contributed by atoms with Crippen LogP contribution in [0.3, 0.4) is 0 Å². The number of ether oxygens (including phenoxy) is 1. The minimum Gasteiger partial charge on any atom is -0.479 e. The molecule has 0 radical (unpaired) electrons. The second-order valence-corrected chi connectivity index (χ2v) is 4.74. The van der Waals surface area contributed by atoms with Crippen LogP contribution in [0.25, 0.3) is 0 Å². The lowest BCUT2D eigenvalue weighted by molar-refractivity contribution is -0.147. The van der Waals surface area contributed by atoms with Crippen molar-refractivity contribution in [3.8, 4) is 0 Å². The van der Waals surface area contributed by atoms with E-state index in [1.54, 1.807) is 0 Å². The van der Waals surface area contributed by atoms with Crippen LogP contribution in [-0.2, 0) is 14.3 Å². The molecule has 0 aromatic heterocycles. The lowest BCUT2D eigenvalue weighted by Crippen LogP contribution is -2.55. The van der Waals surface area contributed by atoms with E-state index in [1.165, 1.54) is 0 Å². The Kier molecular flexibility index (Phi) is 3.63. The number of carbonyl (C=O) groups is 2. The Bertz CT molecular complexity index is 307. The number of carboxylic acids is 1. The highest BCUT2D eigenvalue weighted by atomic mass is 16.5. The van der Waals surface area contributed by atoms with Crippen molar-refractivity contribution in [2.75, 3.05) is 19.8 Å². The molecule has 0 aromatic rings. The van der Waals surface area contributed by atoms with Crippen molar-refractivity contribution in [1.29, 1.82) is 0 Å². The molecule has 6 heteroatoms. The average Bonchev–Trinajstić information content (AvgIpc) is 2.89. The van der Waals surface area contributed by atoms with Gasteiger partial charge in [-0.15, -0.1) is 0 Å². The molecule has 3 N–H and O–H groups in total. The van der Waals surface area contributed by atoms with Crippen LogP contribution in [0.4, 0.5) is 0 Å². The van der Waals surface area contributed by atoms with Gasteiger partial charge >= 0.3 is 5.97 Å². The summed E-state index contributed by atoms with van der Waals surface area (Å²) in [5.74, 6) is -1.22. The van der Waals surface area contributed by atoms with Gasteiger partial charge in [0.1, 0.15) is 0 Å². The molecule has 2 heterocycles. The molecule has 96 valence electrons. The topological polar surface area (TPSA) is 87.7 Å². The maximum Gasteiger partial charge on any atom is 0.331 e. The van der Waals surface area contributed by atoms with Gasteiger partial charge in [-0.05, 0) is 19.4 Å². The summed E-state index contributed by atoms with van der Waals surface area (Å²) in [5.41, 5.74) is -1.21. The van der Waals surface area contributed by atoms with Crippen LogP contribution in [0.1, 0.15) is 25.7 Å². The fourth-order valence-corrected chi connectivity index (χ4v) is 2.36. The van der Waals surface area contributed by atoms with Gasteiger partial charge in [0, 0.05) is 25.5 Å². The number of amides is 1. The molecule has 2 atom stereocenters. The predicted octanol–water partition coefficient (Wildman–Crippen LogP) is -0.512. The largest absolute Gasteiger partial charge is 0.479 e. The normalized spacial score (nSPS) is 32.6. The second-order valence-electron chi connectivity index (χ2n) is 4.74. The molecular formula is C11H18N2O4. The van der Waals surface area contributed by atoms with Gasteiger partial charge in [-0.3, -0.25) is 4.79 Å².